The van der Waals surface area contributed by atoms with Gasteiger partial charge in [-0.25, -0.2) is 0 Å². The number of amides is 1. The van der Waals surface area contributed by atoms with Crippen LogP contribution in [0.4, 0.5) is 5.69 Å². The Kier molecular flexibility index (Phi) is 3.82. The minimum atomic E-state index is -0.372. The summed E-state index contributed by atoms with van der Waals surface area (Å²) < 4.78 is 0. The molecule has 0 aliphatic heterocycles. The second kappa shape index (κ2) is 4.92. The number of aldehydes is 1. The molecule has 0 aliphatic carbocycles. The molecule has 0 spiro atoms. The first kappa shape index (κ1) is 12.4. The SMILES string of the molecule is CCC(C)(C)C(=O)Nc1ccc(C=O)cc1. The number of nitrogens with one attached hydrogen (secondary N) is 1. The lowest BCUT2D eigenvalue weighted by Crippen LogP contribution is -2.29. The van der Waals surface area contributed by atoms with Gasteiger partial charge in [0.05, 0.1) is 0 Å². The predicted octanol–water partition coefficient (Wildman–Crippen LogP) is 2.87. The summed E-state index contributed by atoms with van der Waals surface area (Å²) in [6.07, 6.45) is 1.56. The van der Waals surface area contributed by atoms with E-state index in [1.54, 1.807) is 24.3 Å². The molecule has 16 heavy (non-hydrogen) atoms. The standard InChI is InChI=1S/C13H17NO2/c1-4-13(2,3)12(16)14-11-7-5-10(9-15)6-8-11/h5-9H,4H2,1-3H3,(H,14,16). The number of hydrogen-bond acceptors (Lipinski definition) is 2. The van der Waals surface area contributed by atoms with E-state index in [9.17, 15) is 9.59 Å². The average molecular weight is 219 g/mol. The van der Waals surface area contributed by atoms with E-state index in [4.69, 9.17) is 0 Å². The van der Waals surface area contributed by atoms with Gasteiger partial charge in [0, 0.05) is 16.7 Å². The van der Waals surface area contributed by atoms with Crippen LogP contribution in [0.25, 0.3) is 0 Å². The molecule has 1 rings (SSSR count). The number of hydrogen-bond donors (Lipinski definition) is 1. The van der Waals surface area contributed by atoms with E-state index in [1.165, 1.54) is 0 Å². The van der Waals surface area contributed by atoms with Crippen LogP contribution in [0, 0.1) is 5.41 Å². The Morgan fingerprint density at radius 3 is 2.31 bits per heavy atom. The number of rotatable bonds is 4. The summed E-state index contributed by atoms with van der Waals surface area (Å²) in [7, 11) is 0. The molecule has 3 heteroatoms. The zero-order valence-electron chi connectivity index (χ0n) is 9.91. The van der Waals surface area contributed by atoms with Gasteiger partial charge in [0.1, 0.15) is 6.29 Å². The monoisotopic (exact) mass is 219 g/mol. The van der Waals surface area contributed by atoms with Crippen molar-refractivity contribution in [2.24, 2.45) is 5.41 Å². The van der Waals surface area contributed by atoms with Crippen molar-refractivity contribution in [2.75, 3.05) is 5.32 Å². The Morgan fingerprint density at radius 1 is 1.31 bits per heavy atom. The van der Waals surface area contributed by atoms with Gasteiger partial charge in [-0.15, -0.1) is 0 Å². The van der Waals surface area contributed by atoms with Crippen LogP contribution in [-0.4, -0.2) is 12.2 Å². The first-order chi connectivity index (χ1) is 7.49. The Labute approximate surface area is 95.9 Å². The van der Waals surface area contributed by atoms with E-state index in [0.29, 0.717) is 5.56 Å². The van der Waals surface area contributed by atoms with Crippen LogP contribution >= 0.6 is 0 Å². The minimum absolute atomic E-state index is 0.00569. The maximum Gasteiger partial charge on any atom is 0.230 e. The van der Waals surface area contributed by atoms with Crippen LogP contribution in [0.2, 0.25) is 0 Å². The summed E-state index contributed by atoms with van der Waals surface area (Å²) >= 11 is 0. The van der Waals surface area contributed by atoms with E-state index in [2.05, 4.69) is 5.32 Å². The third kappa shape index (κ3) is 2.92. The van der Waals surface area contributed by atoms with E-state index in [0.717, 1.165) is 18.4 Å². The lowest BCUT2D eigenvalue weighted by atomic mass is 9.89. The van der Waals surface area contributed by atoms with Gasteiger partial charge >= 0.3 is 0 Å². The van der Waals surface area contributed by atoms with Crippen molar-refractivity contribution in [3.8, 4) is 0 Å². The molecule has 1 aromatic rings. The van der Waals surface area contributed by atoms with E-state index in [1.807, 2.05) is 20.8 Å². The number of carbonyl (C=O) groups excluding carboxylic acids is 2. The fourth-order valence-electron chi connectivity index (χ4n) is 1.11. The summed E-state index contributed by atoms with van der Waals surface area (Å²) in [4.78, 5) is 22.3. The highest BCUT2D eigenvalue weighted by molar-refractivity contribution is 5.95. The molecule has 0 atom stereocenters. The van der Waals surface area contributed by atoms with Crippen molar-refractivity contribution in [1.82, 2.24) is 0 Å². The third-order valence-corrected chi connectivity index (χ3v) is 2.80. The van der Waals surface area contributed by atoms with Gasteiger partial charge in [0.2, 0.25) is 5.91 Å². The van der Waals surface area contributed by atoms with Gasteiger partial charge in [-0.2, -0.15) is 0 Å². The van der Waals surface area contributed by atoms with Crippen LogP contribution in [0.3, 0.4) is 0 Å². The van der Waals surface area contributed by atoms with Gasteiger partial charge in [-0.05, 0) is 30.7 Å². The second-order valence-corrected chi connectivity index (χ2v) is 4.43. The van der Waals surface area contributed by atoms with Crippen molar-refractivity contribution in [2.45, 2.75) is 27.2 Å². The van der Waals surface area contributed by atoms with Crippen LogP contribution in [0.1, 0.15) is 37.6 Å². The van der Waals surface area contributed by atoms with Crippen molar-refractivity contribution in [1.29, 1.82) is 0 Å². The number of benzene rings is 1. The van der Waals surface area contributed by atoms with Crippen molar-refractivity contribution >= 4 is 17.9 Å². The number of carbonyl (C=O) groups is 2. The Morgan fingerprint density at radius 2 is 1.88 bits per heavy atom. The molecule has 1 N–H and O–H groups in total. The fourth-order valence-corrected chi connectivity index (χ4v) is 1.11. The molecule has 0 fully saturated rings. The molecular weight excluding hydrogens is 202 g/mol. The number of anilines is 1. The predicted molar refractivity (Wildman–Crippen MR) is 64.5 cm³/mol. The minimum Gasteiger partial charge on any atom is -0.326 e. The third-order valence-electron chi connectivity index (χ3n) is 2.80. The van der Waals surface area contributed by atoms with Crippen molar-refractivity contribution in [3.05, 3.63) is 29.8 Å². The molecule has 0 radical (unpaired) electrons. The molecule has 0 aliphatic rings. The lowest BCUT2D eigenvalue weighted by molar-refractivity contribution is -0.124. The Hall–Kier alpha value is -1.64. The molecule has 3 nitrogen and oxygen atoms in total. The fraction of sp³-hybridized carbons (Fsp3) is 0.385. The zero-order chi connectivity index (χ0) is 12.2. The Balaban J connectivity index is 2.73. The molecule has 86 valence electrons. The van der Waals surface area contributed by atoms with Crippen LogP contribution in [0.5, 0.6) is 0 Å². The largest absolute Gasteiger partial charge is 0.326 e. The smallest absolute Gasteiger partial charge is 0.230 e. The van der Waals surface area contributed by atoms with Crippen LogP contribution < -0.4 is 5.32 Å². The lowest BCUT2D eigenvalue weighted by Gasteiger charge is -2.21. The topological polar surface area (TPSA) is 46.2 Å². The highest BCUT2D eigenvalue weighted by atomic mass is 16.2. The van der Waals surface area contributed by atoms with Gasteiger partial charge in [-0.3, -0.25) is 9.59 Å². The summed E-state index contributed by atoms with van der Waals surface area (Å²) in [6.45, 7) is 5.79. The molecule has 0 saturated heterocycles. The average Bonchev–Trinajstić information content (AvgIpc) is 2.30. The maximum atomic E-state index is 11.8. The highest BCUT2D eigenvalue weighted by Gasteiger charge is 2.24. The van der Waals surface area contributed by atoms with Crippen LogP contribution in [-0.2, 0) is 4.79 Å². The molecule has 1 aromatic carbocycles. The van der Waals surface area contributed by atoms with Crippen molar-refractivity contribution in [3.63, 3.8) is 0 Å². The molecule has 0 heterocycles. The molecule has 0 aromatic heterocycles. The molecule has 0 bridgehead atoms. The van der Waals surface area contributed by atoms with E-state index < -0.39 is 0 Å². The van der Waals surface area contributed by atoms with Crippen LogP contribution in [0.15, 0.2) is 24.3 Å². The Bertz CT molecular complexity index is 379. The quantitative estimate of drug-likeness (QED) is 0.791. The summed E-state index contributed by atoms with van der Waals surface area (Å²) in [6, 6.07) is 6.82. The molecular formula is C13H17NO2. The van der Waals surface area contributed by atoms with Gasteiger partial charge in [-0.1, -0.05) is 20.8 Å². The molecule has 0 saturated carbocycles. The molecule has 1 amide bonds. The highest BCUT2D eigenvalue weighted by Crippen LogP contribution is 2.22. The maximum absolute atomic E-state index is 11.8. The molecule has 0 unspecified atom stereocenters. The first-order valence-electron chi connectivity index (χ1n) is 5.36. The summed E-state index contributed by atoms with van der Waals surface area (Å²) in [5.41, 5.74) is 0.952. The summed E-state index contributed by atoms with van der Waals surface area (Å²) in [5.74, 6) is -0.00569. The second-order valence-electron chi connectivity index (χ2n) is 4.43. The van der Waals surface area contributed by atoms with Gasteiger partial charge < -0.3 is 5.32 Å². The van der Waals surface area contributed by atoms with E-state index in [-0.39, 0.29) is 11.3 Å². The first-order valence-corrected chi connectivity index (χ1v) is 5.36. The normalized spacial score (nSPS) is 10.9. The van der Waals surface area contributed by atoms with E-state index >= 15 is 0 Å². The van der Waals surface area contributed by atoms with Gasteiger partial charge in [0.25, 0.3) is 0 Å². The summed E-state index contributed by atoms with van der Waals surface area (Å²) in [5, 5.41) is 2.83. The zero-order valence-corrected chi connectivity index (χ0v) is 9.91. The van der Waals surface area contributed by atoms with Crippen molar-refractivity contribution < 1.29 is 9.59 Å². The van der Waals surface area contributed by atoms with Gasteiger partial charge in [0.15, 0.2) is 0 Å².